The number of tetrazole rings is 1. The molecule has 1 aromatic carbocycles. The van der Waals surface area contributed by atoms with Gasteiger partial charge >= 0.3 is 0 Å². The minimum atomic E-state index is -0.168. The van der Waals surface area contributed by atoms with Crippen molar-refractivity contribution in [1.29, 1.82) is 0 Å². The van der Waals surface area contributed by atoms with Crippen LogP contribution in [0, 0.1) is 5.41 Å². The monoisotopic (exact) mass is 367 g/mol. The Labute approximate surface area is 157 Å². The van der Waals surface area contributed by atoms with E-state index >= 15 is 0 Å². The summed E-state index contributed by atoms with van der Waals surface area (Å²) in [6.07, 6.45) is 7.69. The quantitative estimate of drug-likeness (QED) is 0.697. The van der Waals surface area contributed by atoms with E-state index in [9.17, 15) is 4.79 Å². The predicted octanol–water partition coefficient (Wildman–Crippen LogP) is 2.77. The molecule has 1 aliphatic rings. The van der Waals surface area contributed by atoms with Crippen molar-refractivity contribution >= 4 is 16.9 Å². The van der Waals surface area contributed by atoms with E-state index in [1.165, 1.54) is 6.42 Å². The van der Waals surface area contributed by atoms with Gasteiger partial charge in [-0.05, 0) is 47.7 Å². The van der Waals surface area contributed by atoms with E-state index in [-0.39, 0.29) is 17.4 Å². The summed E-state index contributed by atoms with van der Waals surface area (Å²) < 4.78 is 1.75. The van der Waals surface area contributed by atoms with Gasteiger partial charge < -0.3 is 10.3 Å². The lowest BCUT2D eigenvalue weighted by Gasteiger charge is -2.36. The van der Waals surface area contributed by atoms with Gasteiger partial charge in [-0.1, -0.05) is 31.4 Å². The summed E-state index contributed by atoms with van der Waals surface area (Å²) >= 11 is 0. The summed E-state index contributed by atoms with van der Waals surface area (Å²) in [5.74, 6) is 0.834. The van der Waals surface area contributed by atoms with Crippen molar-refractivity contribution in [2.24, 2.45) is 5.41 Å². The molecule has 0 spiro atoms. The maximum Gasteiger partial charge on any atom is 0.221 e. The molecular weight excluding hydrogens is 342 g/mol. The van der Waals surface area contributed by atoms with Crippen LogP contribution in [-0.2, 0) is 11.3 Å². The average Bonchev–Trinajstić information content (AvgIpc) is 3.31. The second-order valence-corrected chi connectivity index (χ2v) is 7.67. The van der Waals surface area contributed by atoms with Crippen molar-refractivity contribution in [1.82, 2.24) is 35.5 Å². The van der Waals surface area contributed by atoms with Gasteiger partial charge in [0.15, 0.2) is 0 Å². The third-order valence-electron chi connectivity index (χ3n) is 5.53. The molecule has 1 amide bonds. The Kier molecular flexibility index (Phi) is 4.87. The number of imidazole rings is 1. The summed E-state index contributed by atoms with van der Waals surface area (Å²) in [5, 5.41) is 14.6. The normalized spacial score (nSPS) is 17.7. The second-order valence-electron chi connectivity index (χ2n) is 7.67. The highest BCUT2D eigenvalue weighted by molar-refractivity contribution is 5.78. The maximum atomic E-state index is 12.8. The second kappa shape index (κ2) is 7.46. The maximum absolute atomic E-state index is 12.8. The van der Waals surface area contributed by atoms with Crippen molar-refractivity contribution in [3.05, 3.63) is 36.4 Å². The molecule has 0 radical (unpaired) electrons. The van der Waals surface area contributed by atoms with E-state index in [1.54, 1.807) is 11.0 Å². The highest BCUT2D eigenvalue weighted by Gasteiger charge is 2.35. The average molecular weight is 367 g/mol. The summed E-state index contributed by atoms with van der Waals surface area (Å²) in [5.41, 5.74) is 1.82. The van der Waals surface area contributed by atoms with Gasteiger partial charge in [0, 0.05) is 6.42 Å². The van der Waals surface area contributed by atoms with Crippen LogP contribution >= 0.6 is 0 Å². The first-order chi connectivity index (χ1) is 13.1. The molecular formula is C19H25N7O. The minimum Gasteiger partial charge on any atom is -0.346 e. The van der Waals surface area contributed by atoms with Gasteiger partial charge in [0.25, 0.3) is 0 Å². The third kappa shape index (κ3) is 3.99. The van der Waals surface area contributed by atoms with Gasteiger partial charge in [0.2, 0.25) is 5.91 Å². The number of benzene rings is 1. The molecule has 0 bridgehead atoms. The van der Waals surface area contributed by atoms with Gasteiger partial charge in [-0.25, -0.2) is 9.67 Å². The Balaban J connectivity index is 1.44. The SMILES string of the molecule is CC(NC(=O)CC1(Cn2cnnn2)CCCCC1)c1nc2ccccc2[nH]1. The zero-order chi connectivity index (χ0) is 18.7. The van der Waals surface area contributed by atoms with E-state index < -0.39 is 0 Å². The molecule has 2 heterocycles. The smallest absolute Gasteiger partial charge is 0.221 e. The summed E-state index contributed by atoms with van der Waals surface area (Å²) in [7, 11) is 0. The number of H-pyrrole nitrogens is 1. The van der Waals surface area contributed by atoms with Crippen molar-refractivity contribution < 1.29 is 4.79 Å². The number of carbonyl (C=O) groups excluding carboxylic acids is 1. The number of nitrogens with zero attached hydrogens (tertiary/aromatic N) is 5. The fraction of sp³-hybridized carbons (Fsp3) is 0.526. The van der Waals surface area contributed by atoms with E-state index in [0.717, 1.165) is 42.5 Å². The van der Waals surface area contributed by atoms with Gasteiger partial charge in [-0.3, -0.25) is 4.79 Å². The first kappa shape index (κ1) is 17.6. The predicted molar refractivity (Wildman–Crippen MR) is 101 cm³/mol. The molecule has 27 heavy (non-hydrogen) atoms. The number of aromatic amines is 1. The zero-order valence-corrected chi connectivity index (χ0v) is 15.6. The largest absolute Gasteiger partial charge is 0.346 e. The van der Waals surface area contributed by atoms with Crippen LogP contribution in [0.15, 0.2) is 30.6 Å². The van der Waals surface area contributed by atoms with E-state index in [0.29, 0.717) is 13.0 Å². The van der Waals surface area contributed by atoms with Crippen molar-refractivity contribution in [3.63, 3.8) is 0 Å². The van der Waals surface area contributed by atoms with Gasteiger partial charge in [0.1, 0.15) is 12.2 Å². The number of nitrogens with one attached hydrogen (secondary N) is 2. The van der Waals surface area contributed by atoms with E-state index in [1.807, 2.05) is 31.2 Å². The molecule has 0 aliphatic heterocycles. The minimum absolute atomic E-state index is 0.0536. The molecule has 0 saturated heterocycles. The molecule has 1 fully saturated rings. The van der Waals surface area contributed by atoms with Crippen molar-refractivity contribution in [2.45, 2.75) is 58.0 Å². The lowest BCUT2D eigenvalue weighted by Crippen LogP contribution is -2.37. The lowest BCUT2D eigenvalue weighted by atomic mass is 9.71. The Morgan fingerprint density at radius 3 is 2.85 bits per heavy atom. The topological polar surface area (TPSA) is 101 Å². The Hall–Kier alpha value is -2.77. The molecule has 3 aromatic rings. The molecule has 142 valence electrons. The molecule has 2 N–H and O–H groups in total. The number of para-hydroxylation sites is 2. The summed E-state index contributed by atoms with van der Waals surface area (Å²) in [6, 6.07) is 7.72. The molecule has 8 nitrogen and oxygen atoms in total. The number of fused-ring (bicyclic) bond motifs is 1. The van der Waals surface area contributed by atoms with Gasteiger partial charge in [0.05, 0.1) is 23.6 Å². The molecule has 1 unspecified atom stereocenters. The van der Waals surface area contributed by atoms with Crippen LogP contribution in [0.25, 0.3) is 11.0 Å². The molecule has 4 rings (SSSR count). The third-order valence-corrected chi connectivity index (χ3v) is 5.53. The van der Waals surface area contributed by atoms with Crippen LogP contribution in [0.1, 0.15) is 57.3 Å². The number of hydrogen-bond acceptors (Lipinski definition) is 5. The standard InChI is InChI=1S/C19H25N7O/c1-14(18-22-15-7-3-4-8-16(15)23-18)21-17(27)11-19(9-5-2-6-10-19)12-26-13-20-24-25-26/h3-4,7-8,13-14H,2,5-6,9-12H2,1H3,(H,21,27)(H,22,23). The van der Waals surface area contributed by atoms with Crippen LogP contribution in [0.3, 0.4) is 0 Å². The molecule has 8 heteroatoms. The summed E-state index contributed by atoms with van der Waals surface area (Å²) in [6.45, 7) is 2.65. The Morgan fingerprint density at radius 1 is 1.30 bits per heavy atom. The van der Waals surface area contributed by atoms with Crippen LogP contribution in [-0.4, -0.2) is 36.1 Å². The fourth-order valence-electron chi connectivity index (χ4n) is 4.17. The van der Waals surface area contributed by atoms with E-state index in [4.69, 9.17) is 0 Å². The number of amides is 1. The molecule has 1 saturated carbocycles. The lowest BCUT2D eigenvalue weighted by molar-refractivity contribution is -0.125. The van der Waals surface area contributed by atoms with Crippen molar-refractivity contribution in [2.75, 3.05) is 0 Å². The van der Waals surface area contributed by atoms with Crippen molar-refractivity contribution in [3.8, 4) is 0 Å². The van der Waals surface area contributed by atoms with Gasteiger partial charge in [-0.2, -0.15) is 0 Å². The first-order valence-corrected chi connectivity index (χ1v) is 9.58. The number of rotatable bonds is 6. The van der Waals surface area contributed by atoms with Crippen LogP contribution in [0.2, 0.25) is 0 Å². The molecule has 1 atom stereocenters. The number of hydrogen-bond donors (Lipinski definition) is 2. The fourth-order valence-corrected chi connectivity index (χ4v) is 4.17. The summed E-state index contributed by atoms with van der Waals surface area (Å²) in [4.78, 5) is 20.7. The highest BCUT2D eigenvalue weighted by atomic mass is 16.1. The molecule has 1 aliphatic carbocycles. The number of aromatic nitrogens is 6. The van der Waals surface area contributed by atoms with Crippen LogP contribution < -0.4 is 5.32 Å². The molecule has 2 aromatic heterocycles. The number of carbonyl (C=O) groups is 1. The zero-order valence-electron chi connectivity index (χ0n) is 15.6. The Bertz CT molecular complexity index is 863. The highest BCUT2D eigenvalue weighted by Crippen LogP contribution is 2.40. The Morgan fingerprint density at radius 2 is 2.11 bits per heavy atom. The van der Waals surface area contributed by atoms with Gasteiger partial charge in [-0.15, -0.1) is 5.10 Å². The van der Waals surface area contributed by atoms with Crippen LogP contribution in [0.4, 0.5) is 0 Å². The van der Waals surface area contributed by atoms with Crippen LogP contribution in [0.5, 0.6) is 0 Å². The van der Waals surface area contributed by atoms with E-state index in [2.05, 4.69) is 30.8 Å². The first-order valence-electron chi connectivity index (χ1n) is 9.58.